The molecule has 1 N–H and O–H groups in total. The minimum Gasteiger partial charge on any atom is -0.338 e. The van der Waals surface area contributed by atoms with Crippen LogP contribution in [0.25, 0.3) is 0 Å². The molecular weight excluding hydrogens is 327 g/mol. The second-order valence-electron chi connectivity index (χ2n) is 5.12. The molecule has 0 aliphatic carbocycles. The average molecular weight is 345 g/mol. The van der Waals surface area contributed by atoms with Gasteiger partial charge in [0.2, 0.25) is 5.91 Å². The molecule has 7 heteroatoms. The first-order valence-corrected chi connectivity index (χ1v) is 7.94. The van der Waals surface area contributed by atoms with E-state index in [2.05, 4.69) is 5.48 Å². The van der Waals surface area contributed by atoms with Crippen LogP contribution in [0.4, 0.5) is 0 Å². The summed E-state index contributed by atoms with van der Waals surface area (Å²) in [5.41, 5.74) is 2.87. The maximum absolute atomic E-state index is 12.5. The number of hydroxylamine groups is 1. The van der Waals surface area contributed by atoms with E-state index in [1.54, 1.807) is 30.0 Å². The topological polar surface area (TPSA) is 58.6 Å². The van der Waals surface area contributed by atoms with Gasteiger partial charge in [-0.15, -0.1) is 0 Å². The van der Waals surface area contributed by atoms with Crippen molar-refractivity contribution in [2.24, 2.45) is 5.92 Å². The molecule has 1 atom stereocenters. The van der Waals surface area contributed by atoms with Crippen LogP contribution in [0.2, 0.25) is 10.0 Å². The van der Waals surface area contributed by atoms with Crippen molar-refractivity contribution in [3.8, 4) is 0 Å². The lowest BCUT2D eigenvalue weighted by Gasteiger charge is -2.32. The first-order chi connectivity index (χ1) is 10.5. The van der Waals surface area contributed by atoms with Gasteiger partial charge in [-0.2, -0.15) is 0 Å². The number of rotatable bonds is 4. The minimum absolute atomic E-state index is 0.146. The van der Waals surface area contributed by atoms with Crippen LogP contribution in [-0.4, -0.2) is 36.4 Å². The molecule has 1 aromatic rings. The molecule has 1 fully saturated rings. The summed E-state index contributed by atoms with van der Waals surface area (Å²) in [5.74, 6) is -0.590. The molecule has 2 amide bonds. The number of carbonyl (C=O) groups is 2. The van der Waals surface area contributed by atoms with Gasteiger partial charge in [0.15, 0.2) is 0 Å². The van der Waals surface area contributed by atoms with E-state index < -0.39 is 0 Å². The van der Waals surface area contributed by atoms with Gasteiger partial charge in [0.05, 0.1) is 22.6 Å². The third kappa shape index (κ3) is 4.12. The maximum Gasteiger partial charge on any atom is 0.253 e. The summed E-state index contributed by atoms with van der Waals surface area (Å²) in [5, 5.41) is 0.751. The van der Waals surface area contributed by atoms with Crippen molar-refractivity contribution in [3.63, 3.8) is 0 Å². The predicted molar refractivity (Wildman–Crippen MR) is 84.9 cm³/mol. The standard InChI is InChI=1S/C15H18Cl2N2O3/c1-2-22-18-14(20)11-4-3-7-19(9-11)15(21)10-5-6-12(16)13(17)8-10/h5-6,8,11H,2-4,7,9H2,1H3,(H,18,20)/t11-/m1/s1. The molecule has 0 spiro atoms. The molecule has 0 bridgehead atoms. The molecule has 120 valence electrons. The van der Waals surface area contributed by atoms with E-state index in [1.807, 2.05) is 0 Å². The maximum atomic E-state index is 12.5. The fraction of sp³-hybridized carbons (Fsp3) is 0.467. The Hall–Kier alpha value is -1.30. The SMILES string of the molecule is CCONC(=O)[C@@H]1CCCN(C(=O)c2ccc(Cl)c(Cl)c2)C1. The molecule has 5 nitrogen and oxygen atoms in total. The van der Waals surface area contributed by atoms with Gasteiger partial charge in [-0.3, -0.25) is 14.4 Å². The molecule has 1 saturated heterocycles. The quantitative estimate of drug-likeness (QED) is 0.854. The lowest BCUT2D eigenvalue weighted by atomic mass is 9.97. The van der Waals surface area contributed by atoms with E-state index in [-0.39, 0.29) is 17.7 Å². The lowest BCUT2D eigenvalue weighted by molar-refractivity contribution is -0.138. The number of hydrogen-bond donors (Lipinski definition) is 1. The summed E-state index contributed by atoms with van der Waals surface area (Å²) in [6, 6.07) is 4.79. The first-order valence-electron chi connectivity index (χ1n) is 7.19. The highest BCUT2D eigenvalue weighted by Crippen LogP contribution is 2.25. The molecule has 1 aromatic carbocycles. The van der Waals surface area contributed by atoms with Crippen LogP contribution in [0.5, 0.6) is 0 Å². The summed E-state index contributed by atoms with van der Waals surface area (Å²) < 4.78 is 0. The van der Waals surface area contributed by atoms with E-state index in [4.69, 9.17) is 28.0 Å². The Balaban J connectivity index is 2.03. The number of likely N-dealkylation sites (tertiary alicyclic amines) is 1. The normalized spacial score (nSPS) is 18.1. The number of halogens is 2. The number of amides is 2. The highest BCUT2D eigenvalue weighted by molar-refractivity contribution is 6.42. The van der Waals surface area contributed by atoms with Crippen molar-refractivity contribution in [1.82, 2.24) is 10.4 Å². The number of piperidine rings is 1. The number of hydrogen-bond acceptors (Lipinski definition) is 3. The monoisotopic (exact) mass is 344 g/mol. The number of benzene rings is 1. The third-order valence-electron chi connectivity index (χ3n) is 3.56. The Morgan fingerprint density at radius 2 is 2.14 bits per heavy atom. The molecule has 0 aromatic heterocycles. The molecule has 1 aliphatic heterocycles. The van der Waals surface area contributed by atoms with Crippen LogP contribution in [0.1, 0.15) is 30.1 Å². The summed E-state index contributed by atoms with van der Waals surface area (Å²) in [4.78, 5) is 31.0. The largest absolute Gasteiger partial charge is 0.338 e. The molecule has 0 unspecified atom stereocenters. The second kappa shape index (κ2) is 7.81. The Labute approximate surface area is 139 Å². The number of nitrogens with zero attached hydrogens (tertiary/aromatic N) is 1. The van der Waals surface area contributed by atoms with Crippen molar-refractivity contribution in [2.75, 3.05) is 19.7 Å². The van der Waals surface area contributed by atoms with Crippen LogP contribution in [0.15, 0.2) is 18.2 Å². The van der Waals surface area contributed by atoms with Gasteiger partial charge in [-0.25, -0.2) is 5.48 Å². The van der Waals surface area contributed by atoms with Gasteiger partial charge in [0.25, 0.3) is 5.91 Å². The highest BCUT2D eigenvalue weighted by atomic mass is 35.5. The molecule has 1 aliphatic rings. The zero-order chi connectivity index (χ0) is 16.1. The van der Waals surface area contributed by atoms with E-state index >= 15 is 0 Å². The van der Waals surface area contributed by atoms with Crippen LogP contribution >= 0.6 is 23.2 Å². The zero-order valence-electron chi connectivity index (χ0n) is 12.3. The first kappa shape index (κ1) is 17.1. The van der Waals surface area contributed by atoms with Crippen molar-refractivity contribution < 1.29 is 14.4 Å². The fourth-order valence-corrected chi connectivity index (χ4v) is 2.71. The predicted octanol–water partition coefficient (Wildman–Crippen LogP) is 2.91. The molecule has 22 heavy (non-hydrogen) atoms. The summed E-state index contributed by atoms with van der Waals surface area (Å²) >= 11 is 11.8. The van der Waals surface area contributed by atoms with Crippen LogP contribution in [0, 0.1) is 5.92 Å². The van der Waals surface area contributed by atoms with Crippen molar-refractivity contribution in [1.29, 1.82) is 0 Å². The Morgan fingerprint density at radius 1 is 1.36 bits per heavy atom. The Bertz CT molecular complexity index is 566. The molecule has 0 saturated carbocycles. The van der Waals surface area contributed by atoms with E-state index in [1.165, 1.54) is 0 Å². The molecule has 2 rings (SSSR count). The van der Waals surface area contributed by atoms with E-state index in [9.17, 15) is 9.59 Å². The van der Waals surface area contributed by atoms with Gasteiger partial charge < -0.3 is 4.90 Å². The van der Waals surface area contributed by atoms with Gasteiger partial charge in [-0.1, -0.05) is 23.2 Å². The highest BCUT2D eigenvalue weighted by Gasteiger charge is 2.29. The summed E-state index contributed by atoms with van der Waals surface area (Å²) in [7, 11) is 0. The van der Waals surface area contributed by atoms with E-state index in [0.29, 0.717) is 35.3 Å². The van der Waals surface area contributed by atoms with Crippen LogP contribution in [0.3, 0.4) is 0 Å². The van der Waals surface area contributed by atoms with Crippen molar-refractivity contribution >= 4 is 35.0 Å². The van der Waals surface area contributed by atoms with Gasteiger partial charge in [0, 0.05) is 18.7 Å². The Kier molecular flexibility index (Phi) is 6.06. The molecule has 0 radical (unpaired) electrons. The van der Waals surface area contributed by atoms with Crippen LogP contribution in [-0.2, 0) is 9.63 Å². The van der Waals surface area contributed by atoms with Gasteiger partial charge in [-0.05, 0) is 38.0 Å². The van der Waals surface area contributed by atoms with Crippen molar-refractivity contribution in [2.45, 2.75) is 19.8 Å². The average Bonchev–Trinajstić information content (AvgIpc) is 2.54. The molecule has 1 heterocycles. The second-order valence-corrected chi connectivity index (χ2v) is 5.93. The number of nitrogens with one attached hydrogen (secondary N) is 1. The summed E-state index contributed by atoms with van der Waals surface area (Å²) in [6.07, 6.45) is 1.52. The fourth-order valence-electron chi connectivity index (χ4n) is 2.41. The smallest absolute Gasteiger partial charge is 0.253 e. The van der Waals surface area contributed by atoms with Crippen molar-refractivity contribution in [3.05, 3.63) is 33.8 Å². The van der Waals surface area contributed by atoms with Crippen LogP contribution < -0.4 is 5.48 Å². The minimum atomic E-state index is -0.257. The summed E-state index contributed by atoms with van der Waals surface area (Å²) in [6.45, 7) is 3.20. The molecular formula is C15H18Cl2N2O3. The Morgan fingerprint density at radius 3 is 2.82 bits per heavy atom. The van der Waals surface area contributed by atoms with Gasteiger partial charge >= 0.3 is 0 Å². The van der Waals surface area contributed by atoms with E-state index in [0.717, 1.165) is 12.8 Å². The lowest BCUT2D eigenvalue weighted by Crippen LogP contribution is -2.45. The number of carbonyl (C=O) groups excluding carboxylic acids is 2. The van der Waals surface area contributed by atoms with Gasteiger partial charge in [0.1, 0.15) is 0 Å². The zero-order valence-corrected chi connectivity index (χ0v) is 13.8. The third-order valence-corrected chi connectivity index (χ3v) is 4.30.